The molecule has 0 aliphatic carbocycles. The number of fused-ring (bicyclic) bond motifs is 1. The molecule has 0 aliphatic heterocycles. The van der Waals surface area contributed by atoms with E-state index in [0.29, 0.717) is 29.9 Å². The lowest BCUT2D eigenvalue weighted by Crippen LogP contribution is -2.27. The van der Waals surface area contributed by atoms with Gasteiger partial charge in [0.1, 0.15) is 5.82 Å². The summed E-state index contributed by atoms with van der Waals surface area (Å²) in [5.74, 6) is 0.301. The number of hydrogen-bond acceptors (Lipinski definition) is 3. The van der Waals surface area contributed by atoms with Gasteiger partial charge in [-0.2, -0.15) is 8.78 Å². The zero-order chi connectivity index (χ0) is 16.9. The average Bonchev–Trinajstić information content (AvgIpc) is 2.94. The monoisotopic (exact) mass is 331 g/mol. The molecule has 0 radical (unpaired) electrons. The van der Waals surface area contributed by atoms with Crippen LogP contribution in [-0.4, -0.2) is 32.7 Å². The lowest BCUT2D eigenvalue weighted by atomic mass is 10.2. The minimum Gasteiger partial charge on any atom is -0.395 e. The SMILES string of the molecule is OCCN(Cc1ccccc1)Cc1nc2ccccc2n1C(F)F. The number of imidazole rings is 1. The summed E-state index contributed by atoms with van der Waals surface area (Å²) in [6, 6.07) is 16.6. The van der Waals surface area contributed by atoms with E-state index in [1.807, 2.05) is 35.2 Å². The van der Waals surface area contributed by atoms with Crippen LogP contribution in [0.3, 0.4) is 0 Å². The number of aromatic nitrogens is 2. The number of nitrogens with zero attached hydrogens (tertiary/aromatic N) is 3. The molecule has 3 rings (SSSR count). The van der Waals surface area contributed by atoms with E-state index in [0.717, 1.165) is 10.1 Å². The van der Waals surface area contributed by atoms with E-state index < -0.39 is 6.55 Å². The molecule has 0 bridgehead atoms. The minimum atomic E-state index is -2.65. The molecule has 1 aromatic heterocycles. The van der Waals surface area contributed by atoms with Crippen LogP contribution >= 0.6 is 0 Å². The van der Waals surface area contributed by atoms with Crippen LogP contribution in [0.4, 0.5) is 8.78 Å². The Morgan fingerprint density at radius 3 is 2.42 bits per heavy atom. The number of alkyl halides is 2. The fourth-order valence-electron chi connectivity index (χ4n) is 2.82. The summed E-state index contributed by atoms with van der Waals surface area (Å²) in [6.45, 7) is -1.49. The van der Waals surface area contributed by atoms with E-state index in [1.54, 1.807) is 24.3 Å². The zero-order valence-electron chi connectivity index (χ0n) is 13.1. The summed E-state index contributed by atoms with van der Waals surface area (Å²) < 4.78 is 28.0. The Morgan fingerprint density at radius 1 is 1.00 bits per heavy atom. The van der Waals surface area contributed by atoms with Gasteiger partial charge < -0.3 is 5.11 Å². The third-order valence-corrected chi connectivity index (χ3v) is 3.89. The quantitative estimate of drug-likeness (QED) is 0.721. The Bertz CT molecular complexity index is 789. The summed E-state index contributed by atoms with van der Waals surface area (Å²) in [6.07, 6.45) is 0. The van der Waals surface area contributed by atoms with Gasteiger partial charge in [-0.3, -0.25) is 9.47 Å². The van der Waals surface area contributed by atoms with Gasteiger partial charge in [-0.05, 0) is 17.7 Å². The molecule has 0 amide bonds. The molecule has 6 heteroatoms. The van der Waals surface area contributed by atoms with Gasteiger partial charge >= 0.3 is 6.55 Å². The number of aliphatic hydroxyl groups is 1. The maximum absolute atomic E-state index is 13.5. The molecule has 0 aliphatic rings. The lowest BCUT2D eigenvalue weighted by molar-refractivity contribution is 0.0673. The van der Waals surface area contributed by atoms with Crippen molar-refractivity contribution in [2.75, 3.05) is 13.2 Å². The summed E-state index contributed by atoms with van der Waals surface area (Å²) in [5.41, 5.74) is 2.04. The molecule has 3 aromatic rings. The molecule has 2 aromatic carbocycles. The molecule has 24 heavy (non-hydrogen) atoms. The molecular weight excluding hydrogens is 312 g/mol. The Morgan fingerprint density at radius 2 is 1.71 bits per heavy atom. The fourth-order valence-corrected chi connectivity index (χ4v) is 2.82. The molecular formula is C18H19F2N3O. The Kier molecular flexibility index (Phi) is 5.17. The van der Waals surface area contributed by atoms with Crippen LogP contribution in [-0.2, 0) is 13.1 Å². The van der Waals surface area contributed by atoms with E-state index >= 15 is 0 Å². The zero-order valence-corrected chi connectivity index (χ0v) is 13.1. The predicted molar refractivity (Wildman–Crippen MR) is 88.6 cm³/mol. The topological polar surface area (TPSA) is 41.3 Å². The van der Waals surface area contributed by atoms with Crippen LogP contribution in [0.25, 0.3) is 11.0 Å². The highest BCUT2D eigenvalue weighted by Gasteiger charge is 2.19. The number of halogens is 2. The molecule has 126 valence electrons. The van der Waals surface area contributed by atoms with Crippen molar-refractivity contribution in [3.05, 3.63) is 66.0 Å². The molecule has 0 saturated carbocycles. The van der Waals surface area contributed by atoms with Crippen LogP contribution < -0.4 is 0 Å². The second-order valence-corrected chi connectivity index (χ2v) is 5.58. The van der Waals surface area contributed by atoms with Crippen molar-refractivity contribution >= 4 is 11.0 Å². The van der Waals surface area contributed by atoms with Crippen molar-refractivity contribution in [3.63, 3.8) is 0 Å². The molecule has 4 nitrogen and oxygen atoms in total. The van der Waals surface area contributed by atoms with E-state index in [-0.39, 0.29) is 13.2 Å². The van der Waals surface area contributed by atoms with Crippen molar-refractivity contribution in [1.29, 1.82) is 0 Å². The number of aliphatic hydroxyl groups excluding tert-OH is 1. The largest absolute Gasteiger partial charge is 0.395 e. The van der Waals surface area contributed by atoms with Crippen LogP contribution in [0.2, 0.25) is 0 Å². The van der Waals surface area contributed by atoms with Gasteiger partial charge in [0.05, 0.1) is 24.2 Å². The Labute approximate surface area is 139 Å². The molecule has 0 unspecified atom stereocenters. The highest BCUT2D eigenvalue weighted by molar-refractivity contribution is 5.75. The minimum absolute atomic E-state index is 0.0399. The lowest BCUT2D eigenvalue weighted by Gasteiger charge is -2.21. The third kappa shape index (κ3) is 3.60. The van der Waals surface area contributed by atoms with Crippen LogP contribution in [0.5, 0.6) is 0 Å². The van der Waals surface area contributed by atoms with Gasteiger partial charge in [0.15, 0.2) is 0 Å². The Balaban J connectivity index is 1.89. The van der Waals surface area contributed by atoms with E-state index in [2.05, 4.69) is 4.98 Å². The van der Waals surface area contributed by atoms with E-state index in [9.17, 15) is 13.9 Å². The smallest absolute Gasteiger partial charge is 0.320 e. The van der Waals surface area contributed by atoms with Crippen molar-refractivity contribution in [1.82, 2.24) is 14.5 Å². The molecule has 1 N–H and O–H groups in total. The third-order valence-electron chi connectivity index (χ3n) is 3.89. The number of rotatable bonds is 7. The highest BCUT2D eigenvalue weighted by Crippen LogP contribution is 2.24. The molecule has 0 atom stereocenters. The summed E-state index contributed by atoms with van der Waals surface area (Å²) >= 11 is 0. The van der Waals surface area contributed by atoms with Gasteiger partial charge in [-0.1, -0.05) is 42.5 Å². The van der Waals surface area contributed by atoms with E-state index in [4.69, 9.17) is 0 Å². The van der Waals surface area contributed by atoms with Crippen LogP contribution in [0, 0.1) is 0 Å². The van der Waals surface area contributed by atoms with Gasteiger partial charge in [0, 0.05) is 13.1 Å². The standard InChI is InChI=1S/C18H19F2N3O/c19-18(20)23-16-9-5-4-8-15(16)21-17(23)13-22(10-11-24)12-14-6-2-1-3-7-14/h1-9,18,24H,10-13H2. The van der Waals surface area contributed by atoms with Crippen LogP contribution in [0.1, 0.15) is 17.9 Å². The second kappa shape index (κ2) is 7.51. The summed E-state index contributed by atoms with van der Waals surface area (Å²) in [4.78, 5) is 6.27. The maximum Gasteiger partial charge on any atom is 0.320 e. The van der Waals surface area contributed by atoms with Gasteiger partial charge in [0.25, 0.3) is 0 Å². The number of benzene rings is 2. The van der Waals surface area contributed by atoms with Crippen LogP contribution in [0.15, 0.2) is 54.6 Å². The first-order valence-corrected chi connectivity index (χ1v) is 7.80. The number of para-hydroxylation sites is 2. The van der Waals surface area contributed by atoms with Crippen molar-refractivity contribution in [2.45, 2.75) is 19.6 Å². The molecule has 0 saturated heterocycles. The maximum atomic E-state index is 13.5. The first-order chi connectivity index (χ1) is 11.7. The highest BCUT2D eigenvalue weighted by atomic mass is 19.3. The van der Waals surface area contributed by atoms with Crippen molar-refractivity contribution in [3.8, 4) is 0 Å². The van der Waals surface area contributed by atoms with Gasteiger partial charge in [-0.25, -0.2) is 4.98 Å². The Hall–Kier alpha value is -2.31. The van der Waals surface area contributed by atoms with Gasteiger partial charge in [-0.15, -0.1) is 0 Å². The fraction of sp³-hybridized carbons (Fsp3) is 0.278. The first-order valence-electron chi connectivity index (χ1n) is 7.80. The molecule has 1 heterocycles. The van der Waals surface area contributed by atoms with Crippen molar-refractivity contribution < 1.29 is 13.9 Å². The van der Waals surface area contributed by atoms with E-state index in [1.165, 1.54) is 0 Å². The second-order valence-electron chi connectivity index (χ2n) is 5.58. The summed E-state index contributed by atoms with van der Waals surface area (Å²) in [7, 11) is 0. The molecule has 0 spiro atoms. The first kappa shape index (κ1) is 16.5. The average molecular weight is 331 g/mol. The van der Waals surface area contributed by atoms with Crippen molar-refractivity contribution in [2.24, 2.45) is 0 Å². The predicted octanol–water partition coefficient (Wildman–Crippen LogP) is 3.43. The molecule has 0 fully saturated rings. The number of hydrogen-bond donors (Lipinski definition) is 1. The summed E-state index contributed by atoms with van der Waals surface area (Å²) in [5, 5.41) is 9.29. The van der Waals surface area contributed by atoms with Gasteiger partial charge in [0.2, 0.25) is 0 Å². The normalized spacial score (nSPS) is 11.7.